The van der Waals surface area contributed by atoms with Crippen molar-refractivity contribution in [2.24, 2.45) is 0 Å². The number of ether oxygens (including phenoxy) is 4. The maximum absolute atomic E-state index is 12.7. The molecule has 31 heavy (non-hydrogen) atoms. The smallest absolute Gasteiger partial charge is 0.387 e. The number of alkyl halides is 2. The maximum atomic E-state index is 12.7. The molecule has 8 nitrogen and oxygen atoms in total. The molecule has 164 valence electrons. The van der Waals surface area contributed by atoms with Gasteiger partial charge >= 0.3 is 18.6 Å². The first kappa shape index (κ1) is 23.3. The zero-order valence-corrected chi connectivity index (χ0v) is 16.8. The number of carbonyl (C=O) groups is 3. The summed E-state index contributed by atoms with van der Waals surface area (Å²) in [6.07, 6.45) is 2.32. The SMILES string of the molecule is COC(=O)c1cc(NC(=O)C=Cc2cccc(OC)c2OC(F)F)cc(C(=O)OC)c1. The molecule has 2 aromatic carbocycles. The summed E-state index contributed by atoms with van der Waals surface area (Å²) in [4.78, 5) is 36.0. The number of hydrogen-bond donors (Lipinski definition) is 1. The van der Waals surface area contributed by atoms with Crippen LogP contribution in [0, 0.1) is 0 Å². The predicted molar refractivity (Wildman–Crippen MR) is 106 cm³/mol. The van der Waals surface area contributed by atoms with E-state index in [4.69, 9.17) is 4.74 Å². The molecular formula is C21H19F2NO7. The van der Waals surface area contributed by atoms with Crippen LogP contribution in [-0.2, 0) is 14.3 Å². The molecule has 0 saturated heterocycles. The minimum absolute atomic E-state index is 0.0186. The van der Waals surface area contributed by atoms with E-state index in [1.54, 1.807) is 0 Å². The summed E-state index contributed by atoms with van der Waals surface area (Å²) in [5.41, 5.74) is 0.330. The van der Waals surface area contributed by atoms with Gasteiger partial charge in [0, 0.05) is 17.3 Å². The van der Waals surface area contributed by atoms with Gasteiger partial charge in [0.2, 0.25) is 5.91 Å². The Balaban J connectivity index is 2.29. The number of halogens is 2. The summed E-state index contributed by atoms with van der Waals surface area (Å²) in [7, 11) is 3.63. The molecular weight excluding hydrogens is 416 g/mol. The van der Waals surface area contributed by atoms with Gasteiger partial charge in [-0.1, -0.05) is 12.1 Å². The number of hydrogen-bond acceptors (Lipinski definition) is 7. The summed E-state index contributed by atoms with van der Waals surface area (Å²) in [6.45, 7) is -3.09. The van der Waals surface area contributed by atoms with Gasteiger partial charge in [0.15, 0.2) is 11.5 Å². The summed E-state index contributed by atoms with van der Waals surface area (Å²) >= 11 is 0. The normalized spacial score (nSPS) is 10.6. The summed E-state index contributed by atoms with van der Waals surface area (Å²) < 4.78 is 44.2. The fourth-order valence-corrected chi connectivity index (χ4v) is 2.56. The molecule has 10 heteroatoms. The second-order valence-electron chi connectivity index (χ2n) is 5.86. The van der Waals surface area contributed by atoms with Gasteiger partial charge < -0.3 is 24.3 Å². The second kappa shape index (κ2) is 10.7. The van der Waals surface area contributed by atoms with E-state index in [0.717, 1.165) is 6.08 Å². The molecule has 0 heterocycles. The number of para-hydroxylation sites is 1. The largest absolute Gasteiger partial charge is 0.493 e. The topological polar surface area (TPSA) is 100 Å². The second-order valence-corrected chi connectivity index (χ2v) is 5.86. The van der Waals surface area contributed by atoms with Crippen molar-refractivity contribution < 1.29 is 42.1 Å². The molecule has 0 bridgehead atoms. The Morgan fingerprint density at radius 3 is 2.10 bits per heavy atom. The van der Waals surface area contributed by atoms with Gasteiger partial charge in [0.05, 0.1) is 32.5 Å². The van der Waals surface area contributed by atoms with Gasteiger partial charge in [-0.2, -0.15) is 8.78 Å². The van der Waals surface area contributed by atoms with Gasteiger partial charge in [0.1, 0.15) is 0 Å². The highest BCUT2D eigenvalue weighted by Gasteiger charge is 2.16. The van der Waals surface area contributed by atoms with Crippen LogP contribution in [-0.4, -0.2) is 45.8 Å². The van der Waals surface area contributed by atoms with Crippen molar-refractivity contribution in [3.63, 3.8) is 0 Å². The Labute approximate surface area is 176 Å². The number of anilines is 1. The van der Waals surface area contributed by atoms with Gasteiger partial charge in [-0.25, -0.2) is 9.59 Å². The Kier molecular flexibility index (Phi) is 8.07. The molecule has 0 unspecified atom stereocenters. The standard InChI is InChI=1S/C21H19F2NO7/c1-28-16-6-4-5-12(18(16)31-21(22)23)7-8-17(25)24-15-10-13(19(26)29-2)9-14(11-15)20(27)30-3/h4-11,21H,1-3H3,(H,24,25). The molecule has 2 aromatic rings. The highest BCUT2D eigenvalue weighted by Crippen LogP contribution is 2.33. The first-order valence-corrected chi connectivity index (χ1v) is 8.71. The van der Waals surface area contributed by atoms with Crippen molar-refractivity contribution in [3.05, 3.63) is 59.2 Å². The molecule has 0 spiro atoms. The zero-order valence-electron chi connectivity index (χ0n) is 16.8. The van der Waals surface area contributed by atoms with E-state index < -0.39 is 24.5 Å². The lowest BCUT2D eigenvalue weighted by atomic mass is 10.1. The minimum Gasteiger partial charge on any atom is -0.493 e. The number of benzene rings is 2. The van der Waals surface area contributed by atoms with E-state index in [-0.39, 0.29) is 33.9 Å². The van der Waals surface area contributed by atoms with Gasteiger partial charge in [-0.05, 0) is 30.3 Å². The number of esters is 2. The lowest BCUT2D eigenvalue weighted by Crippen LogP contribution is -2.12. The molecule has 0 aromatic heterocycles. The van der Waals surface area contributed by atoms with Crippen LogP contribution in [0.4, 0.5) is 14.5 Å². The van der Waals surface area contributed by atoms with E-state index in [0.29, 0.717) is 0 Å². The zero-order chi connectivity index (χ0) is 23.0. The first-order chi connectivity index (χ1) is 14.8. The Hall–Kier alpha value is -3.95. The molecule has 1 amide bonds. The fraction of sp³-hybridized carbons (Fsp3) is 0.190. The van der Waals surface area contributed by atoms with E-state index in [9.17, 15) is 23.2 Å². The van der Waals surface area contributed by atoms with E-state index in [1.165, 1.54) is 63.8 Å². The quantitative estimate of drug-likeness (QED) is 0.500. The highest BCUT2D eigenvalue weighted by molar-refractivity contribution is 6.04. The third-order valence-corrected chi connectivity index (χ3v) is 3.89. The molecule has 0 aliphatic rings. The number of rotatable bonds is 8. The third kappa shape index (κ3) is 6.26. The van der Waals surface area contributed by atoms with Gasteiger partial charge in [-0.15, -0.1) is 0 Å². The van der Waals surface area contributed by atoms with Gasteiger partial charge in [0.25, 0.3) is 0 Å². The highest BCUT2D eigenvalue weighted by atomic mass is 19.3. The minimum atomic E-state index is -3.09. The van der Waals surface area contributed by atoms with Crippen molar-refractivity contribution >= 4 is 29.6 Å². The van der Waals surface area contributed by atoms with Gasteiger partial charge in [-0.3, -0.25) is 4.79 Å². The average molecular weight is 435 g/mol. The summed E-state index contributed by atoms with van der Waals surface area (Å²) in [5.74, 6) is -2.27. The lowest BCUT2D eigenvalue weighted by molar-refractivity contribution is -0.111. The van der Waals surface area contributed by atoms with Crippen molar-refractivity contribution in [1.29, 1.82) is 0 Å². The molecule has 0 radical (unpaired) electrons. The summed E-state index contributed by atoms with van der Waals surface area (Å²) in [6, 6.07) is 8.30. The van der Waals surface area contributed by atoms with Crippen LogP contribution in [0.3, 0.4) is 0 Å². The first-order valence-electron chi connectivity index (χ1n) is 8.71. The molecule has 1 N–H and O–H groups in total. The number of nitrogens with one attached hydrogen (secondary N) is 1. The summed E-state index contributed by atoms with van der Waals surface area (Å²) in [5, 5.41) is 2.48. The maximum Gasteiger partial charge on any atom is 0.387 e. The molecule has 0 saturated carbocycles. The Morgan fingerprint density at radius 2 is 1.58 bits per heavy atom. The van der Waals surface area contributed by atoms with Crippen LogP contribution in [0.25, 0.3) is 6.08 Å². The van der Waals surface area contributed by atoms with E-state index in [1.807, 2.05) is 0 Å². The molecule has 0 atom stereocenters. The monoisotopic (exact) mass is 435 g/mol. The Morgan fingerprint density at radius 1 is 0.968 bits per heavy atom. The van der Waals surface area contributed by atoms with Crippen LogP contribution in [0.2, 0.25) is 0 Å². The molecule has 0 aliphatic heterocycles. The molecule has 2 rings (SSSR count). The lowest BCUT2D eigenvalue weighted by Gasteiger charge is -2.12. The Bertz CT molecular complexity index is 971. The molecule has 0 aliphatic carbocycles. The van der Waals surface area contributed by atoms with Crippen LogP contribution in [0.5, 0.6) is 11.5 Å². The third-order valence-electron chi connectivity index (χ3n) is 3.89. The predicted octanol–water partition coefficient (Wildman–Crippen LogP) is 3.52. The number of amides is 1. The molecule has 0 fully saturated rings. The van der Waals surface area contributed by atoms with Crippen LogP contribution in [0.15, 0.2) is 42.5 Å². The number of carbonyl (C=O) groups excluding carboxylic acids is 3. The number of methoxy groups -OCH3 is 3. The van der Waals surface area contributed by atoms with E-state index >= 15 is 0 Å². The van der Waals surface area contributed by atoms with Crippen LogP contribution in [0.1, 0.15) is 26.3 Å². The van der Waals surface area contributed by atoms with Crippen molar-refractivity contribution in [2.45, 2.75) is 6.61 Å². The van der Waals surface area contributed by atoms with E-state index in [2.05, 4.69) is 19.5 Å². The van der Waals surface area contributed by atoms with Crippen molar-refractivity contribution in [3.8, 4) is 11.5 Å². The fourth-order valence-electron chi connectivity index (χ4n) is 2.56. The van der Waals surface area contributed by atoms with Crippen molar-refractivity contribution in [2.75, 3.05) is 26.6 Å². The van der Waals surface area contributed by atoms with Crippen LogP contribution >= 0.6 is 0 Å². The van der Waals surface area contributed by atoms with Crippen LogP contribution < -0.4 is 14.8 Å². The van der Waals surface area contributed by atoms with Crippen molar-refractivity contribution in [1.82, 2.24) is 0 Å². The average Bonchev–Trinajstić information content (AvgIpc) is 2.76.